The molecule has 0 heterocycles. The summed E-state index contributed by atoms with van der Waals surface area (Å²) in [7, 11) is 0. The van der Waals surface area contributed by atoms with Crippen LogP contribution in [0.3, 0.4) is 0 Å². The molecule has 0 aliphatic carbocycles. The molecule has 0 aliphatic rings. The van der Waals surface area contributed by atoms with Gasteiger partial charge in [-0.25, -0.2) is 0 Å². The number of hydrogen-bond donors (Lipinski definition) is 2. The minimum Gasteiger partial charge on any atom is -0.481 e. The molecule has 3 aromatic rings. The molecular weight excluding hydrogens is 376 g/mol. The number of anilines is 2. The fourth-order valence-electron chi connectivity index (χ4n) is 2.97. The van der Waals surface area contributed by atoms with Gasteiger partial charge in [0, 0.05) is 16.9 Å². The van der Waals surface area contributed by atoms with E-state index in [1.807, 2.05) is 55.5 Å². The van der Waals surface area contributed by atoms with E-state index in [0.29, 0.717) is 22.7 Å². The van der Waals surface area contributed by atoms with E-state index in [-0.39, 0.29) is 11.8 Å². The molecule has 5 nitrogen and oxygen atoms in total. The number of aryl methyl sites for hydroxylation is 2. The van der Waals surface area contributed by atoms with Gasteiger partial charge in [-0.3, -0.25) is 9.59 Å². The van der Waals surface area contributed by atoms with Crippen molar-refractivity contribution in [3.8, 4) is 5.75 Å². The molecule has 30 heavy (non-hydrogen) atoms. The minimum atomic E-state index is -0.643. The van der Waals surface area contributed by atoms with E-state index in [1.165, 1.54) is 5.56 Å². The zero-order valence-corrected chi connectivity index (χ0v) is 17.4. The third-order valence-corrected chi connectivity index (χ3v) is 4.79. The molecule has 3 rings (SSSR count). The zero-order valence-electron chi connectivity index (χ0n) is 17.4. The standard InChI is InChI=1S/C25H26N2O3/c1-4-19-10-13-22(14-11-19)30-18(3)24(28)26-21-12-15-23(17(2)16-21)27-25(29)20-8-6-5-7-9-20/h5-16,18H,4H2,1-3H3,(H,26,28)(H,27,29). The molecule has 0 saturated carbocycles. The van der Waals surface area contributed by atoms with E-state index in [4.69, 9.17) is 4.74 Å². The minimum absolute atomic E-state index is 0.174. The van der Waals surface area contributed by atoms with Gasteiger partial charge >= 0.3 is 0 Å². The molecule has 0 fully saturated rings. The van der Waals surface area contributed by atoms with Gasteiger partial charge in [-0.1, -0.05) is 37.3 Å². The second kappa shape index (κ2) is 9.74. The van der Waals surface area contributed by atoms with Gasteiger partial charge < -0.3 is 15.4 Å². The predicted octanol–water partition coefficient (Wildman–Crippen LogP) is 5.22. The molecule has 0 aliphatic heterocycles. The molecule has 0 aromatic heterocycles. The molecular formula is C25H26N2O3. The maximum atomic E-state index is 12.5. The lowest BCUT2D eigenvalue weighted by atomic mass is 10.1. The Hall–Kier alpha value is -3.60. The third kappa shape index (κ3) is 5.47. The topological polar surface area (TPSA) is 67.4 Å². The van der Waals surface area contributed by atoms with Crippen molar-refractivity contribution in [1.29, 1.82) is 0 Å². The van der Waals surface area contributed by atoms with Gasteiger partial charge in [0.1, 0.15) is 5.75 Å². The fraction of sp³-hybridized carbons (Fsp3) is 0.200. The largest absolute Gasteiger partial charge is 0.481 e. The van der Waals surface area contributed by atoms with Crippen molar-refractivity contribution in [3.63, 3.8) is 0 Å². The van der Waals surface area contributed by atoms with Crippen LogP contribution in [0.15, 0.2) is 72.8 Å². The predicted molar refractivity (Wildman–Crippen MR) is 120 cm³/mol. The number of benzene rings is 3. The summed E-state index contributed by atoms with van der Waals surface area (Å²) in [6, 6.07) is 22.1. The van der Waals surface area contributed by atoms with Gasteiger partial charge in [0.15, 0.2) is 6.10 Å². The van der Waals surface area contributed by atoms with Crippen LogP contribution >= 0.6 is 0 Å². The van der Waals surface area contributed by atoms with E-state index in [9.17, 15) is 9.59 Å². The summed E-state index contributed by atoms with van der Waals surface area (Å²) in [4.78, 5) is 24.8. The third-order valence-electron chi connectivity index (χ3n) is 4.79. The number of nitrogens with one attached hydrogen (secondary N) is 2. The van der Waals surface area contributed by atoms with E-state index in [1.54, 1.807) is 31.2 Å². The van der Waals surface area contributed by atoms with Crippen LogP contribution in [-0.4, -0.2) is 17.9 Å². The zero-order chi connectivity index (χ0) is 21.5. The summed E-state index contributed by atoms with van der Waals surface area (Å²) in [5.41, 5.74) is 4.00. The SMILES string of the molecule is CCc1ccc(OC(C)C(=O)Nc2ccc(NC(=O)c3ccccc3)c(C)c2)cc1. The first-order chi connectivity index (χ1) is 14.5. The molecule has 1 atom stereocenters. The monoisotopic (exact) mass is 402 g/mol. The quantitative estimate of drug-likeness (QED) is 0.570. The summed E-state index contributed by atoms with van der Waals surface area (Å²) in [6.45, 7) is 5.68. The highest BCUT2D eigenvalue weighted by atomic mass is 16.5. The van der Waals surface area contributed by atoms with E-state index < -0.39 is 6.10 Å². The molecule has 154 valence electrons. The van der Waals surface area contributed by atoms with Crippen LogP contribution < -0.4 is 15.4 Å². The second-order valence-corrected chi connectivity index (χ2v) is 7.10. The Balaban J connectivity index is 1.60. The van der Waals surface area contributed by atoms with Crippen molar-refractivity contribution < 1.29 is 14.3 Å². The van der Waals surface area contributed by atoms with Crippen molar-refractivity contribution in [2.24, 2.45) is 0 Å². The molecule has 1 unspecified atom stereocenters. The highest BCUT2D eigenvalue weighted by molar-refractivity contribution is 6.04. The number of carbonyl (C=O) groups is 2. The molecule has 0 radical (unpaired) electrons. The number of ether oxygens (including phenoxy) is 1. The first kappa shape index (κ1) is 21.1. The fourth-order valence-corrected chi connectivity index (χ4v) is 2.97. The normalized spacial score (nSPS) is 11.4. The van der Waals surface area contributed by atoms with Gasteiger partial charge in [0.2, 0.25) is 0 Å². The number of rotatable bonds is 7. The van der Waals surface area contributed by atoms with Crippen molar-refractivity contribution in [2.75, 3.05) is 10.6 Å². The Bertz CT molecular complexity index is 1010. The van der Waals surface area contributed by atoms with Gasteiger partial charge in [0.25, 0.3) is 11.8 Å². The first-order valence-electron chi connectivity index (χ1n) is 9.99. The maximum absolute atomic E-state index is 12.5. The Morgan fingerprint density at radius 1 is 0.933 bits per heavy atom. The molecule has 2 amide bonds. The van der Waals surface area contributed by atoms with Crippen molar-refractivity contribution in [1.82, 2.24) is 0 Å². The summed E-state index contributed by atoms with van der Waals surface area (Å²) >= 11 is 0. The first-order valence-corrected chi connectivity index (χ1v) is 9.99. The summed E-state index contributed by atoms with van der Waals surface area (Å²) in [6.07, 6.45) is 0.313. The molecule has 0 spiro atoms. The average Bonchev–Trinajstić information content (AvgIpc) is 2.76. The summed E-state index contributed by atoms with van der Waals surface area (Å²) < 4.78 is 5.73. The van der Waals surface area contributed by atoms with Crippen LogP contribution in [0.2, 0.25) is 0 Å². The Morgan fingerprint density at radius 2 is 1.63 bits per heavy atom. The Morgan fingerprint density at radius 3 is 2.27 bits per heavy atom. The van der Waals surface area contributed by atoms with Crippen molar-refractivity contribution in [2.45, 2.75) is 33.3 Å². The smallest absolute Gasteiger partial charge is 0.265 e. The lowest BCUT2D eigenvalue weighted by molar-refractivity contribution is -0.122. The van der Waals surface area contributed by atoms with Crippen LogP contribution in [0.25, 0.3) is 0 Å². The molecule has 2 N–H and O–H groups in total. The number of amides is 2. The maximum Gasteiger partial charge on any atom is 0.265 e. The molecule has 0 bridgehead atoms. The van der Waals surface area contributed by atoms with Crippen molar-refractivity contribution in [3.05, 3.63) is 89.5 Å². The van der Waals surface area contributed by atoms with E-state index in [2.05, 4.69) is 17.6 Å². The van der Waals surface area contributed by atoms with Gasteiger partial charge in [-0.05, 0) is 73.9 Å². The molecule has 3 aromatic carbocycles. The summed E-state index contributed by atoms with van der Waals surface area (Å²) in [5, 5.41) is 5.76. The average molecular weight is 402 g/mol. The molecule has 5 heteroatoms. The highest BCUT2D eigenvalue weighted by Crippen LogP contribution is 2.21. The van der Waals surface area contributed by atoms with Gasteiger partial charge in [0.05, 0.1) is 0 Å². The summed E-state index contributed by atoms with van der Waals surface area (Å²) in [5.74, 6) is 0.242. The van der Waals surface area contributed by atoms with E-state index in [0.717, 1.165) is 12.0 Å². The number of hydrogen-bond acceptors (Lipinski definition) is 3. The van der Waals surface area contributed by atoms with Gasteiger partial charge in [-0.15, -0.1) is 0 Å². The second-order valence-electron chi connectivity index (χ2n) is 7.10. The lowest BCUT2D eigenvalue weighted by Gasteiger charge is -2.16. The number of carbonyl (C=O) groups excluding carboxylic acids is 2. The van der Waals surface area contributed by atoms with Crippen LogP contribution in [-0.2, 0) is 11.2 Å². The highest BCUT2D eigenvalue weighted by Gasteiger charge is 2.16. The van der Waals surface area contributed by atoms with Crippen LogP contribution in [0.5, 0.6) is 5.75 Å². The van der Waals surface area contributed by atoms with Crippen LogP contribution in [0.1, 0.15) is 35.3 Å². The Labute approximate surface area is 177 Å². The Kier molecular flexibility index (Phi) is 6.86. The van der Waals surface area contributed by atoms with E-state index >= 15 is 0 Å². The van der Waals surface area contributed by atoms with Crippen LogP contribution in [0, 0.1) is 6.92 Å². The van der Waals surface area contributed by atoms with Crippen molar-refractivity contribution >= 4 is 23.2 Å². The van der Waals surface area contributed by atoms with Crippen LogP contribution in [0.4, 0.5) is 11.4 Å². The van der Waals surface area contributed by atoms with Gasteiger partial charge in [-0.2, -0.15) is 0 Å². The molecule has 0 saturated heterocycles. The lowest BCUT2D eigenvalue weighted by Crippen LogP contribution is -2.30.